The van der Waals surface area contributed by atoms with Crippen LogP contribution in [-0.2, 0) is 19.1 Å². The van der Waals surface area contributed by atoms with Gasteiger partial charge >= 0.3 is 18.0 Å². The topological polar surface area (TPSA) is 97.0 Å². The average Bonchev–Trinajstić information content (AvgIpc) is 2.95. The summed E-state index contributed by atoms with van der Waals surface area (Å²) in [6.45, 7) is 0. The van der Waals surface area contributed by atoms with Crippen LogP contribution < -0.4 is 10.7 Å². The summed E-state index contributed by atoms with van der Waals surface area (Å²) in [5.74, 6) is -1.39. The number of anilines is 1. The highest BCUT2D eigenvalue weighted by atomic mass is 16.5. The minimum absolute atomic E-state index is 0.0386. The van der Waals surface area contributed by atoms with Crippen LogP contribution in [0.4, 0.5) is 10.5 Å². The monoisotopic (exact) mass is 303 g/mol. The van der Waals surface area contributed by atoms with Crippen molar-refractivity contribution in [1.82, 2.24) is 10.4 Å². The molecule has 0 saturated heterocycles. The van der Waals surface area contributed by atoms with E-state index in [1.807, 2.05) is 0 Å². The molecule has 2 aliphatic heterocycles. The number of ether oxygens (including phenoxy) is 2. The van der Waals surface area contributed by atoms with Crippen molar-refractivity contribution in [3.8, 4) is 0 Å². The molecule has 0 aliphatic carbocycles. The number of nitrogens with one attached hydrogen (secondary N) is 2. The molecule has 0 aromatic heterocycles. The van der Waals surface area contributed by atoms with Crippen molar-refractivity contribution in [3.05, 3.63) is 35.4 Å². The number of urea groups is 1. The fourth-order valence-electron chi connectivity index (χ4n) is 2.52. The Bertz CT molecular complexity index is 712. The van der Waals surface area contributed by atoms with Crippen LogP contribution in [0.2, 0.25) is 0 Å². The number of para-hydroxylation sites is 1. The average molecular weight is 303 g/mol. The minimum atomic E-state index is -1.11. The lowest BCUT2D eigenvalue weighted by Crippen LogP contribution is -2.48. The number of carbonyl (C=O) groups excluding carboxylic acids is 3. The Morgan fingerprint density at radius 3 is 2.59 bits per heavy atom. The number of hydrazine groups is 1. The minimum Gasteiger partial charge on any atom is -0.468 e. The van der Waals surface area contributed by atoms with Crippen LogP contribution >= 0.6 is 0 Å². The summed E-state index contributed by atoms with van der Waals surface area (Å²) >= 11 is 0. The van der Waals surface area contributed by atoms with Gasteiger partial charge in [-0.2, -0.15) is 0 Å². The van der Waals surface area contributed by atoms with Crippen LogP contribution in [0.25, 0.3) is 5.70 Å². The molecule has 0 fully saturated rings. The molecule has 1 aromatic rings. The van der Waals surface area contributed by atoms with E-state index in [0.717, 1.165) is 5.01 Å². The second-order valence-corrected chi connectivity index (χ2v) is 4.65. The van der Waals surface area contributed by atoms with Gasteiger partial charge in [-0.3, -0.25) is 0 Å². The van der Waals surface area contributed by atoms with Gasteiger partial charge in [0.2, 0.25) is 0 Å². The van der Waals surface area contributed by atoms with E-state index in [9.17, 15) is 14.4 Å². The van der Waals surface area contributed by atoms with Gasteiger partial charge in [0.1, 0.15) is 0 Å². The van der Waals surface area contributed by atoms with E-state index >= 15 is 0 Å². The van der Waals surface area contributed by atoms with Crippen molar-refractivity contribution in [3.63, 3.8) is 0 Å². The number of nitrogens with zero attached hydrogens (tertiary/aromatic N) is 1. The highest BCUT2D eigenvalue weighted by Gasteiger charge is 2.46. The van der Waals surface area contributed by atoms with Crippen LogP contribution in [0.1, 0.15) is 5.56 Å². The number of carbonyl (C=O) groups is 3. The predicted molar refractivity (Wildman–Crippen MR) is 75.2 cm³/mol. The summed E-state index contributed by atoms with van der Waals surface area (Å²) in [5.41, 5.74) is 4.16. The van der Waals surface area contributed by atoms with E-state index < -0.39 is 24.0 Å². The maximum Gasteiger partial charge on any atom is 0.341 e. The van der Waals surface area contributed by atoms with Crippen molar-refractivity contribution in [2.24, 2.45) is 0 Å². The molecule has 3 rings (SSSR count). The highest BCUT2D eigenvalue weighted by molar-refractivity contribution is 6.13. The summed E-state index contributed by atoms with van der Waals surface area (Å²) in [4.78, 5) is 36.2. The molecule has 1 unspecified atom stereocenters. The molecule has 1 aromatic carbocycles. The van der Waals surface area contributed by atoms with Gasteiger partial charge in [0, 0.05) is 5.56 Å². The zero-order valence-corrected chi connectivity index (χ0v) is 11.9. The normalized spacial score (nSPS) is 19.3. The standard InChI is InChI=1S/C14H13N3O5/c1-21-12(18)9-10(13(19)22-2)16-17-11(9)7-5-3-4-6-8(7)15-14(17)20/h3-6,10,16H,1-2H3,(H,15,20). The molecule has 2 amide bonds. The van der Waals surface area contributed by atoms with Gasteiger partial charge in [-0.1, -0.05) is 18.2 Å². The summed E-state index contributed by atoms with van der Waals surface area (Å²) in [5, 5.41) is 3.79. The van der Waals surface area contributed by atoms with Crippen molar-refractivity contribution in [2.75, 3.05) is 19.5 Å². The second kappa shape index (κ2) is 5.15. The van der Waals surface area contributed by atoms with Gasteiger partial charge < -0.3 is 14.8 Å². The molecule has 8 nitrogen and oxygen atoms in total. The summed E-state index contributed by atoms with van der Waals surface area (Å²) in [6.07, 6.45) is 0. The third-order valence-corrected chi connectivity index (χ3v) is 3.49. The molecule has 0 saturated carbocycles. The molecular formula is C14H13N3O5. The van der Waals surface area contributed by atoms with Gasteiger partial charge in [-0.25, -0.2) is 24.8 Å². The number of methoxy groups -OCH3 is 2. The van der Waals surface area contributed by atoms with Crippen molar-refractivity contribution in [1.29, 1.82) is 0 Å². The first-order valence-corrected chi connectivity index (χ1v) is 6.45. The second-order valence-electron chi connectivity index (χ2n) is 4.65. The maximum atomic E-state index is 12.2. The van der Waals surface area contributed by atoms with Crippen molar-refractivity contribution < 1.29 is 23.9 Å². The van der Waals surface area contributed by atoms with Crippen LogP contribution in [0.3, 0.4) is 0 Å². The SMILES string of the molecule is COC(=O)C1=C2c3ccccc3NC(=O)N2NC1C(=O)OC. The summed E-state index contributed by atoms with van der Waals surface area (Å²) < 4.78 is 9.44. The van der Waals surface area contributed by atoms with E-state index in [0.29, 0.717) is 16.9 Å². The fourth-order valence-corrected chi connectivity index (χ4v) is 2.52. The number of hydrogen-bond donors (Lipinski definition) is 2. The Morgan fingerprint density at radius 2 is 1.91 bits per heavy atom. The molecule has 0 radical (unpaired) electrons. The first kappa shape index (κ1) is 14.1. The third-order valence-electron chi connectivity index (χ3n) is 3.49. The predicted octanol–water partition coefficient (Wildman–Crippen LogP) is 0.478. The molecule has 2 aliphatic rings. The largest absolute Gasteiger partial charge is 0.468 e. The summed E-state index contributed by atoms with van der Waals surface area (Å²) in [7, 11) is 2.41. The smallest absolute Gasteiger partial charge is 0.341 e. The Morgan fingerprint density at radius 1 is 1.18 bits per heavy atom. The number of esters is 2. The Hall–Kier alpha value is -2.87. The first-order valence-electron chi connectivity index (χ1n) is 6.45. The summed E-state index contributed by atoms with van der Waals surface area (Å²) in [6, 6.07) is 5.36. The fraction of sp³-hybridized carbons (Fsp3) is 0.214. The molecule has 1 atom stereocenters. The van der Waals surface area contributed by atoms with E-state index in [4.69, 9.17) is 4.74 Å². The number of fused-ring (bicyclic) bond motifs is 3. The van der Waals surface area contributed by atoms with E-state index in [2.05, 4.69) is 15.5 Å². The molecule has 2 heterocycles. The molecule has 0 bridgehead atoms. The van der Waals surface area contributed by atoms with Crippen LogP contribution in [0.15, 0.2) is 29.8 Å². The van der Waals surface area contributed by atoms with Crippen LogP contribution in [-0.4, -0.2) is 43.2 Å². The lowest BCUT2D eigenvalue weighted by atomic mass is 10.00. The van der Waals surface area contributed by atoms with Crippen molar-refractivity contribution >= 4 is 29.4 Å². The van der Waals surface area contributed by atoms with Gasteiger partial charge in [-0.05, 0) is 6.07 Å². The third kappa shape index (κ3) is 1.92. The molecular weight excluding hydrogens is 290 g/mol. The Labute approximate surface area is 125 Å². The zero-order valence-electron chi connectivity index (χ0n) is 11.9. The number of benzene rings is 1. The lowest BCUT2D eigenvalue weighted by molar-refractivity contribution is -0.145. The van der Waals surface area contributed by atoms with Crippen LogP contribution in [0, 0.1) is 0 Å². The molecule has 8 heteroatoms. The van der Waals surface area contributed by atoms with Crippen LogP contribution in [0.5, 0.6) is 0 Å². The Kier molecular flexibility index (Phi) is 3.30. The number of rotatable bonds is 2. The maximum absolute atomic E-state index is 12.2. The lowest BCUT2D eigenvalue weighted by Gasteiger charge is -2.28. The molecule has 0 spiro atoms. The number of amides is 2. The number of hydrogen-bond acceptors (Lipinski definition) is 6. The van der Waals surface area contributed by atoms with Gasteiger partial charge in [-0.15, -0.1) is 0 Å². The van der Waals surface area contributed by atoms with E-state index in [1.165, 1.54) is 14.2 Å². The van der Waals surface area contributed by atoms with Gasteiger partial charge in [0.25, 0.3) is 0 Å². The quantitative estimate of drug-likeness (QED) is 0.771. The molecule has 22 heavy (non-hydrogen) atoms. The molecule has 2 N–H and O–H groups in total. The van der Waals surface area contributed by atoms with Crippen molar-refractivity contribution in [2.45, 2.75) is 6.04 Å². The highest BCUT2D eigenvalue weighted by Crippen LogP contribution is 2.38. The van der Waals surface area contributed by atoms with E-state index in [1.54, 1.807) is 24.3 Å². The van der Waals surface area contributed by atoms with E-state index in [-0.39, 0.29) is 5.57 Å². The van der Waals surface area contributed by atoms with Gasteiger partial charge in [0.05, 0.1) is 31.2 Å². The zero-order chi connectivity index (χ0) is 15.9. The van der Waals surface area contributed by atoms with Gasteiger partial charge in [0.15, 0.2) is 6.04 Å². The Balaban J connectivity index is 2.23. The molecule has 114 valence electrons. The first-order chi connectivity index (χ1) is 10.6.